The third-order valence-electron chi connectivity index (χ3n) is 4.19. The van der Waals surface area contributed by atoms with E-state index in [2.05, 4.69) is 42.2 Å². The van der Waals surface area contributed by atoms with E-state index < -0.39 is 0 Å². The van der Waals surface area contributed by atoms with E-state index >= 15 is 0 Å². The molecule has 4 heteroatoms. The summed E-state index contributed by atoms with van der Waals surface area (Å²) in [6.45, 7) is 10.1. The lowest BCUT2D eigenvalue weighted by atomic mass is 9.95. The molecule has 2 heterocycles. The number of hydrogen-bond donors (Lipinski definition) is 1. The van der Waals surface area contributed by atoms with E-state index in [0.29, 0.717) is 12.1 Å². The first kappa shape index (κ1) is 13.6. The zero-order chi connectivity index (χ0) is 13.1. The second kappa shape index (κ2) is 5.85. The van der Waals surface area contributed by atoms with Crippen LogP contribution in [0.3, 0.4) is 0 Å². The van der Waals surface area contributed by atoms with Crippen LogP contribution in [0, 0.1) is 5.92 Å². The first-order valence-electron chi connectivity index (χ1n) is 7.06. The van der Waals surface area contributed by atoms with Gasteiger partial charge in [0.2, 0.25) is 0 Å². The molecule has 2 rings (SSSR count). The molecule has 0 aromatic carbocycles. The van der Waals surface area contributed by atoms with Gasteiger partial charge in [0.25, 0.3) is 0 Å². The lowest BCUT2D eigenvalue weighted by Gasteiger charge is -2.40. The Morgan fingerprint density at radius 2 is 2.33 bits per heavy atom. The average molecular weight is 250 g/mol. The van der Waals surface area contributed by atoms with Gasteiger partial charge in [-0.15, -0.1) is 0 Å². The molecule has 0 aliphatic carbocycles. The highest BCUT2D eigenvalue weighted by atomic mass is 15.3. The van der Waals surface area contributed by atoms with Gasteiger partial charge in [-0.25, -0.2) is 0 Å². The van der Waals surface area contributed by atoms with Crippen molar-refractivity contribution in [1.29, 1.82) is 0 Å². The van der Waals surface area contributed by atoms with Crippen LogP contribution >= 0.6 is 0 Å². The van der Waals surface area contributed by atoms with Crippen molar-refractivity contribution in [3.63, 3.8) is 0 Å². The smallest absolute Gasteiger partial charge is 0.0764 e. The van der Waals surface area contributed by atoms with Crippen molar-refractivity contribution in [1.82, 2.24) is 20.0 Å². The van der Waals surface area contributed by atoms with Crippen LogP contribution < -0.4 is 5.32 Å². The zero-order valence-electron chi connectivity index (χ0n) is 12.1. The third-order valence-corrected chi connectivity index (χ3v) is 4.19. The van der Waals surface area contributed by atoms with E-state index in [1.807, 2.05) is 17.9 Å². The fourth-order valence-corrected chi connectivity index (χ4v) is 2.59. The first-order chi connectivity index (χ1) is 8.60. The Kier molecular flexibility index (Phi) is 4.40. The van der Waals surface area contributed by atoms with Gasteiger partial charge in [-0.1, -0.05) is 20.3 Å². The Labute approximate surface area is 110 Å². The standard InChI is InChI=1S/C14H26N4/c1-5-11(2)14-10-18(12(3)8-15-14)9-13-6-7-17(4)16-13/h6-7,11-12,14-15H,5,8-10H2,1-4H3. The molecule has 102 valence electrons. The molecule has 3 atom stereocenters. The second-order valence-electron chi connectivity index (χ2n) is 5.66. The highest BCUT2D eigenvalue weighted by Crippen LogP contribution is 2.17. The van der Waals surface area contributed by atoms with Crippen LogP contribution in [-0.2, 0) is 13.6 Å². The predicted octanol–water partition coefficient (Wildman–Crippen LogP) is 1.63. The van der Waals surface area contributed by atoms with Gasteiger partial charge in [0, 0.05) is 45.0 Å². The summed E-state index contributed by atoms with van der Waals surface area (Å²) in [6, 6.07) is 3.33. The molecule has 1 aromatic rings. The van der Waals surface area contributed by atoms with E-state index in [-0.39, 0.29) is 0 Å². The van der Waals surface area contributed by atoms with Crippen molar-refractivity contribution in [3.05, 3.63) is 18.0 Å². The van der Waals surface area contributed by atoms with Gasteiger partial charge >= 0.3 is 0 Å². The summed E-state index contributed by atoms with van der Waals surface area (Å²) < 4.78 is 1.88. The molecule has 0 spiro atoms. The molecule has 1 saturated heterocycles. The van der Waals surface area contributed by atoms with Gasteiger partial charge in [-0.2, -0.15) is 5.10 Å². The largest absolute Gasteiger partial charge is 0.311 e. The molecule has 1 aliphatic rings. The van der Waals surface area contributed by atoms with Gasteiger partial charge in [0.1, 0.15) is 0 Å². The zero-order valence-corrected chi connectivity index (χ0v) is 12.1. The van der Waals surface area contributed by atoms with Gasteiger partial charge in [-0.05, 0) is 18.9 Å². The maximum Gasteiger partial charge on any atom is 0.0764 e. The van der Waals surface area contributed by atoms with Gasteiger partial charge < -0.3 is 5.32 Å². The maximum atomic E-state index is 4.48. The lowest BCUT2D eigenvalue weighted by molar-refractivity contribution is 0.110. The summed E-state index contributed by atoms with van der Waals surface area (Å²) in [6.07, 6.45) is 3.26. The van der Waals surface area contributed by atoms with Crippen molar-refractivity contribution < 1.29 is 0 Å². The molecule has 0 amide bonds. The fraction of sp³-hybridized carbons (Fsp3) is 0.786. The predicted molar refractivity (Wildman–Crippen MR) is 74.3 cm³/mol. The van der Waals surface area contributed by atoms with Crippen LogP contribution in [-0.4, -0.2) is 39.9 Å². The van der Waals surface area contributed by atoms with Crippen LogP contribution in [0.1, 0.15) is 32.9 Å². The lowest BCUT2D eigenvalue weighted by Crippen LogP contribution is -2.56. The summed E-state index contributed by atoms with van der Waals surface area (Å²) in [4.78, 5) is 2.55. The minimum absolute atomic E-state index is 0.590. The highest BCUT2D eigenvalue weighted by Gasteiger charge is 2.27. The van der Waals surface area contributed by atoms with Crippen molar-refractivity contribution in [3.8, 4) is 0 Å². The topological polar surface area (TPSA) is 33.1 Å². The van der Waals surface area contributed by atoms with Crippen molar-refractivity contribution >= 4 is 0 Å². The Balaban J connectivity index is 1.97. The SMILES string of the molecule is CCC(C)C1CN(Cc2ccn(C)n2)C(C)CN1. The molecule has 0 bridgehead atoms. The van der Waals surface area contributed by atoms with Crippen LogP contribution in [0.2, 0.25) is 0 Å². The fourth-order valence-electron chi connectivity index (χ4n) is 2.59. The van der Waals surface area contributed by atoms with Crippen molar-refractivity contribution in [2.75, 3.05) is 13.1 Å². The molecule has 1 fully saturated rings. The summed E-state index contributed by atoms with van der Waals surface area (Å²) >= 11 is 0. The minimum atomic E-state index is 0.590. The van der Waals surface area contributed by atoms with Crippen molar-refractivity contribution in [2.45, 2.75) is 45.8 Å². The average Bonchev–Trinajstić information content (AvgIpc) is 2.76. The maximum absolute atomic E-state index is 4.48. The first-order valence-corrected chi connectivity index (χ1v) is 7.06. The summed E-state index contributed by atoms with van der Waals surface area (Å²) in [5, 5.41) is 8.16. The summed E-state index contributed by atoms with van der Waals surface area (Å²) in [7, 11) is 1.98. The molecule has 0 saturated carbocycles. The van der Waals surface area contributed by atoms with Gasteiger partial charge in [0.05, 0.1) is 5.69 Å². The van der Waals surface area contributed by atoms with Crippen LogP contribution in [0.5, 0.6) is 0 Å². The Bertz CT molecular complexity index is 374. The normalized spacial score (nSPS) is 27.3. The molecule has 3 unspecified atom stereocenters. The van der Waals surface area contributed by atoms with E-state index in [0.717, 1.165) is 25.6 Å². The number of aryl methyl sites for hydroxylation is 1. The molecule has 0 radical (unpaired) electrons. The number of hydrogen-bond acceptors (Lipinski definition) is 3. The number of aromatic nitrogens is 2. The van der Waals surface area contributed by atoms with Gasteiger partial charge in [-0.3, -0.25) is 9.58 Å². The van der Waals surface area contributed by atoms with Crippen LogP contribution in [0.4, 0.5) is 0 Å². The number of nitrogens with one attached hydrogen (secondary N) is 1. The third kappa shape index (κ3) is 3.12. The molecule has 18 heavy (non-hydrogen) atoms. The summed E-state index contributed by atoms with van der Waals surface area (Å²) in [5.74, 6) is 0.740. The second-order valence-corrected chi connectivity index (χ2v) is 5.66. The van der Waals surface area contributed by atoms with Crippen LogP contribution in [0.25, 0.3) is 0 Å². The van der Waals surface area contributed by atoms with E-state index in [1.165, 1.54) is 12.1 Å². The summed E-state index contributed by atoms with van der Waals surface area (Å²) in [5.41, 5.74) is 1.18. The molecule has 1 N–H and O–H groups in total. The monoisotopic (exact) mass is 250 g/mol. The Hall–Kier alpha value is -0.870. The molecule has 4 nitrogen and oxygen atoms in total. The Morgan fingerprint density at radius 1 is 1.56 bits per heavy atom. The molecule has 1 aromatic heterocycles. The minimum Gasteiger partial charge on any atom is -0.311 e. The van der Waals surface area contributed by atoms with E-state index in [4.69, 9.17) is 0 Å². The van der Waals surface area contributed by atoms with Crippen LogP contribution in [0.15, 0.2) is 12.3 Å². The highest BCUT2D eigenvalue weighted by molar-refractivity contribution is 5.00. The quantitative estimate of drug-likeness (QED) is 0.881. The van der Waals surface area contributed by atoms with Gasteiger partial charge in [0.15, 0.2) is 0 Å². The number of piperazine rings is 1. The Morgan fingerprint density at radius 3 is 2.94 bits per heavy atom. The number of nitrogens with zero attached hydrogens (tertiary/aromatic N) is 3. The van der Waals surface area contributed by atoms with E-state index in [1.54, 1.807) is 0 Å². The number of rotatable bonds is 4. The molecular formula is C14H26N4. The molecular weight excluding hydrogens is 224 g/mol. The van der Waals surface area contributed by atoms with Crippen molar-refractivity contribution in [2.24, 2.45) is 13.0 Å². The van der Waals surface area contributed by atoms with E-state index in [9.17, 15) is 0 Å². The molecule has 1 aliphatic heterocycles.